The van der Waals surface area contributed by atoms with E-state index in [0.29, 0.717) is 12.3 Å². The van der Waals surface area contributed by atoms with Crippen LogP contribution < -0.4 is 21.9 Å². The predicted molar refractivity (Wildman–Crippen MR) is 203 cm³/mol. The second kappa shape index (κ2) is 22.7. The van der Waals surface area contributed by atoms with E-state index in [1.54, 1.807) is 0 Å². The van der Waals surface area contributed by atoms with E-state index in [1.807, 2.05) is 4.98 Å². The molecule has 3 aliphatic heterocycles. The number of hydrogen-bond acceptors (Lipinski definition) is 16. The number of nitrogens with zero attached hydrogens (tertiary/aromatic N) is 1. The van der Waals surface area contributed by atoms with Crippen molar-refractivity contribution in [2.45, 2.75) is 190 Å². The molecule has 1 unspecified atom stereocenters. The first-order valence-electron chi connectivity index (χ1n) is 20.4. The standard InChI is InChI=1S/C38H64N4O16/c1-19(2)13-11-9-7-5-4-6-8-10-12-14-24(46)40-27-31(51)28(48)22(55-37(27)58-36-26(39-20(3)44)30(50)29(49)23(18-43)56-36)17-21(45)34-32(52)33(53)35(57-34)42-16-15-25(47)41-38(42)54/h15-16,19,21-23,26-37,43,45,48-53H,4-14,17-18H2,1-3H3,(H,39,44)(H,40,46)(H,41,47,54)/t21?,22-,23-,26-,27-,28+,29-,30-,31-,32+,33-,34-,35-,36-,37+/m1/s1. The number of carbonyl (C=O) groups is 2. The van der Waals surface area contributed by atoms with Crippen molar-refractivity contribution in [3.8, 4) is 0 Å². The fourth-order valence-corrected chi connectivity index (χ4v) is 7.68. The maximum Gasteiger partial charge on any atom is 0.330 e. The van der Waals surface area contributed by atoms with Gasteiger partial charge in [-0.25, -0.2) is 4.79 Å². The molecule has 3 aliphatic rings. The molecule has 58 heavy (non-hydrogen) atoms. The Labute approximate surface area is 336 Å². The van der Waals surface area contributed by atoms with Gasteiger partial charge in [0.1, 0.15) is 60.9 Å². The Morgan fingerprint density at radius 1 is 0.776 bits per heavy atom. The summed E-state index contributed by atoms with van der Waals surface area (Å²) in [5.74, 6) is -0.444. The quantitative estimate of drug-likeness (QED) is 0.0583. The molecule has 15 atom stereocenters. The highest BCUT2D eigenvalue weighted by atomic mass is 16.8. The molecule has 3 saturated heterocycles. The molecule has 20 heteroatoms. The van der Waals surface area contributed by atoms with E-state index in [2.05, 4.69) is 24.5 Å². The Kier molecular flexibility index (Phi) is 18.7. The van der Waals surface area contributed by atoms with E-state index in [-0.39, 0.29) is 6.42 Å². The van der Waals surface area contributed by atoms with Crippen LogP contribution in [0.25, 0.3) is 0 Å². The number of aliphatic hydroxyl groups is 8. The third kappa shape index (κ3) is 12.8. The van der Waals surface area contributed by atoms with Crippen molar-refractivity contribution in [2.24, 2.45) is 5.92 Å². The zero-order chi connectivity index (χ0) is 42.7. The molecule has 0 aromatic carbocycles. The normalized spacial score (nSPS) is 34.6. The van der Waals surface area contributed by atoms with E-state index < -0.39 is 128 Å². The van der Waals surface area contributed by atoms with Gasteiger partial charge < -0.3 is 70.4 Å². The number of aromatic amines is 1. The van der Waals surface area contributed by atoms with Gasteiger partial charge in [0.2, 0.25) is 11.8 Å². The number of nitrogens with one attached hydrogen (secondary N) is 3. The molecular weight excluding hydrogens is 768 g/mol. The molecule has 0 saturated carbocycles. The first kappa shape index (κ1) is 47.8. The molecule has 0 radical (unpaired) electrons. The Hall–Kier alpha value is -2.86. The molecule has 3 fully saturated rings. The van der Waals surface area contributed by atoms with E-state index in [9.17, 15) is 60.0 Å². The van der Waals surface area contributed by atoms with Gasteiger partial charge in [-0.05, 0) is 12.3 Å². The summed E-state index contributed by atoms with van der Waals surface area (Å²) in [7, 11) is 0. The number of ether oxygens (including phenoxy) is 4. The predicted octanol–water partition coefficient (Wildman–Crippen LogP) is -2.25. The Balaban J connectivity index is 1.44. The first-order chi connectivity index (χ1) is 27.5. The molecule has 0 spiro atoms. The molecule has 0 bridgehead atoms. The van der Waals surface area contributed by atoms with Crippen LogP contribution in [0.4, 0.5) is 0 Å². The topological polar surface area (TPSA) is 312 Å². The summed E-state index contributed by atoms with van der Waals surface area (Å²) < 4.78 is 24.2. The van der Waals surface area contributed by atoms with Crippen molar-refractivity contribution >= 4 is 11.8 Å². The lowest BCUT2D eigenvalue weighted by molar-refractivity contribution is -0.347. The SMILES string of the molecule is CC(=O)N[C@H]1[C@@H](O[C@@H]2O[C@H](CC(O)[C@H]3O[C@@H](n4ccc(=O)[nH]c4=O)[C@H](O)[C@@H]3O)[C@H](O)[C@H](O)[C@H]2NC(=O)CCCCCCCCCCCC(C)C)O[C@H](CO)[C@@H](O)[C@@H]1O. The van der Waals surface area contributed by atoms with Gasteiger partial charge in [-0.1, -0.05) is 71.6 Å². The van der Waals surface area contributed by atoms with Crippen molar-refractivity contribution in [1.29, 1.82) is 0 Å². The summed E-state index contributed by atoms with van der Waals surface area (Å²) in [6.07, 6.45) is -10.6. The highest BCUT2D eigenvalue weighted by molar-refractivity contribution is 5.76. The van der Waals surface area contributed by atoms with Crippen LogP contribution in [0.1, 0.15) is 104 Å². The van der Waals surface area contributed by atoms with Crippen LogP contribution in [-0.4, -0.2) is 155 Å². The van der Waals surface area contributed by atoms with Gasteiger partial charge >= 0.3 is 5.69 Å². The molecule has 20 nitrogen and oxygen atoms in total. The highest BCUT2D eigenvalue weighted by Gasteiger charge is 2.53. The van der Waals surface area contributed by atoms with Crippen molar-refractivity contribution in [3.05, 3.63) is 33.1 Å². The minimum absolute atomic E-state index is 0.0636. The summed E-state index contributed by atoms with van der Waals surface area (Å²) in [5.41, 5.74) is -1.68. The molecule has 2 amide bonds. The van der Waals surface area contributed by atoms with Gasteiger partial charge in [0.05, 0.1) is 18.8 Å². The lowest BCUT2D eigenvalue weighted by atomic mass is 9.91. The zero-order valence-corrected chi connectivity index (χ0v) is 33.4. The van der Waals surface area contributed by atoms with Gasteiger partial charge in [-0.2, -0.15) is 0 Å². The van der Waals surface area contributed by atoms with Crippen LogP contribution in [0.15, 0.2) is 21.9 Å². The van der Waals surface area contributed by atoms with E-state index in [4.69, 9.17) is 18.9 Å². The maximum absolute atomic E-state index is 13.2. The summed E-state index contributed by atoms with van der Waals surface area (Å²) in [6.45, 7) is 4.81. The number of rotatable bonds is 21. The molecule has 332 valence electrons. The first-order valence-corrected chi connectivity index (χ1v) is 20.4. The second-order valence-corrected chi connectivity index (χ2v) is 16.1. The van der Waals surface area contributed by atoms with Gasteiger partial charge in [-0.15, -0.1) is 0 Å². The molecular formula is C38H64N4O16. The van der Waals surface area contributed by atoms with Crippen molar-refractivity contribution in [1.82, 2.24) is 20.2 Å². The zero-order valence-electron chi connectivity index (χ0n) is 33.4. The number of hydrogen-bond donors (Lipinski definition) is 11. The van der Waals surface area contributed by atoms with Crippen LogP contribution in [-0.2, 0) is 28.5 Å². The fourth-order valence-electron chi connectivity index (χ4n) is 7.68. The Morgan fingerprint density at radius 2 is 1.33 bits per heavy atom. The Morgan fingerprint density at radius 3 is 1.90 bits per heavy atom. The average Bonchev–Trinajstić information content (AvgIpc) is 3.46. The van der Waals surface area contributed by atoms with Crippen molar-refractivity contribution < 1.29 is 69.4 Å². The van der Waals surface area contributed by atoms with Crippen LogP contribution >= 0.6 is 0 Å². The lowest BCUT2D eigenvalue weighted by Gasteiger charge is -2.47. The smallest absolute Gasteiger partial charge is 0.330 e. The molecule has 11 N–H and O–H groups in total. The van der Waals surface area contributed by atoms with E-state index in [0.717, 1.165) is 55.9 Å². The van der Waals surface area contributed by atoms with Crippen molar-refractivity contribution in [2.75, 3.05) is 6.61 Å². The van der Waals surface area contributed by atoms with Gasteiger partial charge in [-0.3, -0.25) is 23.9 Å². The number of carbonyl (C=O) groups excluding carboxylic acids is 2. The summed E-state index contributed by atoms with van der Waals surface area (Å²) in [6, 6.07) is -1.94. The van der Waals surface area contributed by atoms with Gasteiger partial charge in [0, 0.05) is 32.0 Å². The minimum atomic E-state index is -1.82. The number of H-pyrrole nitrogens is 1. The number of unbranched alkanes of at least 4 members (excludes halogenated alkanes) is 8. The minimum Gasteiger partial charge on any atom is -0.394 e. The maximum atomic E-state index is 13.2. The number of amides is 2. The van der Waals surface area contributed by atoms with Crippen LogP contribution in [0.2, 0.25) is 0 Å². The van der Waals surface area contributed by atoms with E-state index in [1.165, 1.54) is 25.7 Å². The summed E-state index contributed by atoms with van der Waals surface area (Å²) >= 11 is 0. The lowest BCUT2D eigenvalue weighted by Crippen LogP contribution is -2.69. The number of aromatic nitrogens is 2. The number of aliphatic hydroxyl groups excluding tert-OH is 8. The highest BCUT2D eigenvalue weighted by Crippen LogP contribution is 2.34. The average molecular weight is 833 g/mol. The summed E-state index contributed by atoms with van der Waals surface area (Å²) in [4.78, 5) is 51.2. The Bertz CT molecular complexity index is 1550. The fraction of sp³-hybridized carbons (Fsp3) is 0.842. The molecule has 1 aromatic rings. The van der Waals surface area contributed by atoms with Gasteiger partial charge in [0.25, 0.3) is 5.56 Å². The summed E-state index contributed by atoms with van der Waals surface area (Å²) in [5, 5.41) is 91.5. The monoisotopic (exact) mass is 832 g/mol. The van der Waals surface area contributed by atoms with Crippen molar-refractivity contribution in [3.63, 3.8) is 0 Å². The second-order valence-electron chi connectivity index (χ2n) is 16.1. The molecule has 0 aliphatic carbocycles. The van der Waals surface area contributed by atoms with Crippen LogP contribution in [0.3, 0.4) is 0 Å². The molecule has 4 rings (SSSR count). The third-order valence-corrected chi connectivity index (χ3v) is 11.0. The van der Waals surface area contributed by atoms with Crippen LogP contribution in [0, 0.1) is 5.92 Å². The molecule has 4 heterocycles. The van der Waals surface area contributed by atoms with E-state index >= 15 is 0 Å². The van der Waals surface area contributed by atoms with Crippen LogP contribution in [0.5, 0.6) is 0 Å². The molecule has 1 aromatic heterocycles. The third-order valence-electron chi connectivity index (χ3n) is 11.0. The van der Waals surface area contributed by atoms with Gasteiger partial charge in [0.15, 0.2) is 18.8 Å². The largest absolute Gasteiger partial charge is 0.394 e.